The van der Waals surface area contributed by atoms with E-state index < -0.39 is 0 Å². The predicted octanol–water partition coefficient (Wildman–Crippen LogP) is 1.51. The Hall–Kier alpha value is -0.795. The smallest absolute Gasteiger partial charge is 0.402 e. The van der Waals surface area contributed by atoms with Crippen LogP contribution in [0.25, 0.3) is 0 Å². The molecule has 0 amide bonds. The summed E-state index contributed by atoms with van der Waals surface area (Å²) in [6, 6.07) is 8.28. The first kappa shape index (κ1) is 9.75. The molecule has 0 bridgehead atoms. The molecule has 2 nitrogen and oxygen atoms in total. The lowest BCUT2D eigenvalue weighted by Gasteiger charge is -2.04. The minimum Gasteiger partial charge on any atom is -0.402 e. The second-order valence-electron chi connectivity index (χ2n) is 3.93. The molecule has 0 saturated carbocycles. The Labute approximate surface area is 85.4 Å². The molecule has 0 aromatic heterocycles. The van der Waals surface area contributed by atoms with Gasteiger partial charge in [-0.2, -0.15) is 0 Å². The summed E-state index contributed by atoms with van der Waals surface area (Å²) in [7, 11) is -0.180. The zero-order chi connectivity index (χ0) is 10.1. The van der Waals surface area contributed by atoms with Gasteiger partial charge in [0, 0.05) is 0 Å². The van der Waals surface area contributed by atoms with Crippen LogP contribution in [-0.4, -0.2) is 19.3 Å². The Kier molecular flexibility index (Phi) is 2.61. The van der Waals surface area contributed by atoms with Crippen LogP contribution in [0.3, 0.4) is 0 Å². The largest absolute Gasteiger partial charge is 0.494 e. The van der Waals surface area contributed by atoms with Gasteiger partial charge in [-0.1, -0.05) is 29.8 Å². The molecule has 2 atom stereocenters. The highest BCUT2D eigenvalue weighted by Crippen LogP contribution is 2.15. The van der Waals surface area contributed by atoms with E-state index in [1.54, 1.807) is 0 Å². The van der Waals surface area contributed by atoms with Crippen molar-refractivity contribution in [3.05, 3.63) is 29.8 Å². The Balaban J connectivity index is 2.13. The third-order valence-corrected chi connectivity index (χ3v) is 2.69. The fraction of sp³-hybridized carbons (Fsp3) is 0.455. The molecule has 3 heteroatoms. The summed E-state index contributed by atoms with van der Waals surface area (Å²) in [6.07, 6.45) is 0.364. The van der Waals surface area contributed by atoms with Gasteiger partial charge < -0.3 is 9.31 Å². The molecular formula is C11H15BO2. The summed E-state index contributed by atoms with van der Waals surface area (Å²) in [6.45, 7) is 6.16. The van der Waals surface area contributed by atoms with Gasteiger partial charge in [-0.3, -0.25) is 0 Å². The molecule has 0 unspecified atom stereocenters. The molecule has 2 rings (SSSR count). The second-order valence-corrected chi connectivity index (χ2v) is 3.93. The highest BCUT2D eigenvalue weighted by Gasteiger charge is 2.35. The highest BCUT2D eigenvalue weighted by atomic mass is 16.7. The van der Waals surface area contributed by atoms with Crippen LogP contribution in [0.2, 0.25) is 0 Å². The minimum atomic E-state index is -0.180. The molecule has 1 aromatic rings. The maximum atomic E-state index is 5.68. The van der Waals surface area contributed by atoms with Gasteiger partial charge in [-0.25, -0.2) is 0 Å². The van der Waals surface area contributed by atoms with Gasteiger partial charge in [-0.05, 0) is 26.2 Å². The van der Waals surface area contributed by atoms with Gasteiger partial charge >= 0.3 is 7.12 Å². The van der Waals surface area contributed by atoms with E-state index in [0.29, 0.717) is 0 Å². The molecule has 0 N–H and O–H groups in total. The van der Waals surface area contributed by atoms with Gasteiger partial charge in [0.15, 0.2) is 0 Å². The summed E-state index contributed by atoms with van der Waals surface area (Å²) in [5.74, 6) is 0. The van der Waals surface area contributed by atoms with Gasteiger partial charge in [0.05, 0.1) is 12.2 Å². The highest BCUT2D eigenvalue weighted by molar-refractivity contribution is 6.61. The van der Waals surface area contributed by atoms with Crippen LogP contribution in [0.15, 0.2) is 24.3 Å². The maximum absolute atomic E-state index is 5.68. The lowest BCUT2D eigenvalue weighted by atomic mass is 9.79. The van der Waals surface area contributed by atoms with Crippen molar-refractivity contribution in [1.29, 1.82) is 0 Å². The predicted molar refractivity (Wildman–Crippen MR) is 57.7 cm³/mol. The maximum Gasteiger partial charge on any atom is 0.494 e. The van der Waals surface area contributed by atoms with Crippen LogP contribution in [-0.2, 0) is 9.31 Å². The van der Waals surface area contributed by atoms with E-state index in [1.165, 1.54) is 5.56 Å². The normalized spacial score (nSPS) is 26.9. The van der Waals surface area contributed by atoms with Crippen LogP contribution < -0.4 is 5.46 Å². The van der Waals surface area contributed by atoms with Crippen molar-refractivity contribution in [2.24, 2.45) is 0 Å². The monoisotopic (exact) mass is 190 g/mol. The minimum absolute atomic E-state index is 0.180. The zero-order valence-electron chi connectivity index (χ0n) is 8.86. The zero-order valence-corrected chi connectivity index (χ0v) is 8.86. The Morgan fingerprint density at radius 2 is 1.50 bits per heavy atom. The molecule has 1 aromatic carbocycles. The first-order valence-electron chi connectivity index (χ1n) is 5.04. The molecule has 14 heavy (non-hydrogen) atoms. The first-order valence-corrected chi connectivity index (χ1v) is 5.04. The second kappa shape index (κ2) is 3.75. The van der Waals surface area contributed by atoms with Gasteiger partial charge in [0.25, 0.3) is 0 Å². The fourth-order valence-corrected chi connectivity index (χ4v) is 1.52. The number of hydrogen-bond donors (Lipinski definition) is 0. The molecular weight excluding hydrogens is 175 g/mol. The third-order valence-electron chi connectivity index (χ3n) is 2.69. The summed E-state index contributed by atoms with van der Waals surface area (Å²) in [4.78, 5) is 0. The molecule has 1 saturated heterocycles. The Morgan fingerprint density at radius 1 is 1.00 bits per heavy atom. The van der Waals surface area contributed by atoms with Crippen LogP contribution in [0, 0.1) is 6.92 Å². The molecule has 1 fully saturated rings. The van der Waals surface area contributed by atoms with Crippen molar-refractivity contribution < 1.29 is 9.31 Å². The third kappa shape index (κ3) is 1.84. The quantitative estimate of drug-likeness (QED) is 0.625. The molecule has 74 valence electrons. The molecule has 0 radical (unpaired) electrons. The van der Waals surface area contributed by atoms with E-state index >= 15 is 0 Å². The first-order chi connectivity index (χ1) is 6.66. The number of aryl methyl sites for hydroxylation is 1. The Morgan fingerprint density at radius 3 is 2.00 bits per heavy atom. The number of hydrogen-bond acceptors (Lipinski definition) is 2. The average Bonchev–Trinajstić information content (AvgIpc) is 2.48. The van der Waals surface area contributed by atoms with E-state index in [2.05, 4.69) is 31.2 Å². The standard InChI is InChI=1S/C11H15BO2/c1-8-4-6-11(7-5-8)12-13-9(2)10(3)14-12/h4-7,9-10H,1-3H3/t9-,10-/m1/s1. The van der Waals surface area contributed by atoms with Crippen molar-refractivity contribution in [3.8, 4) is 0 Å². The number of benzene rings is 1. The van der Waals surface area contributed by atoms with Gasteiger partial charge in [0.1, 0.15) is 0 Å². The van der Waals surface area contributed by atoms with E-state index in [1.807, 2.05) is 13.8 Å². The summed E-state index contributed by atoms with van der Waals surface area (Å²) in [5, 5.41) is 0. The van der Waals surface area contributed by atoms with E-state index in [9.17, 15) is 0 Å². The van der Waals surface area contributed by atoms with E-state index in [4.69, 9.17) is 9.31 Å². The van der Waals surface area contributed by atoms with Crippen LogP contribution >= 0.6 is 0 Å². The topological polar surface area (TPSA) is 18.5 Å². The van der Waals surface area contributed by atoms with E-state index in [0.717, 1.165) is 5.46 Å². The van der Waals surface area contributed by atoms with Gasteiger partial charge in [0.2, 0.25) is 0 Å². The summed E-state index contributed by atoms with van der Waals surface area (Å²) < 4.78 is 11.4. The molecule has 0 aliphatic carbocycles. The average molecular weight is 190 g/mol. The lowest BCUT2D eigenvalue weighted by molar-refractivity contribution is 0.187. The Bertz CT molecular complexity index is 300. The van der Waals surface area contributed by atoms with Crippen molar-refractivity contribution in [3.63, 3.8) is 0 Å². The molecule has 0 spiro atoms. The van der Waals surface area contributed by atoms with Crippen molar-refractivity contribution in [1.82, 2.24) is 0 Å². The number of rotatable bonds is 1. The van der Waals surface area contributed by atoms with E-state index in [-0.39, 0.29) is 19.3 Å². The SMILES string of the molecule is Cc1ccc(B2O[C@H](C)[C@@H](C)O2)cc1. The fourth-order valence-electron chi connectivity index (χ4n) is 1.52. The van der Waals surface area contributed by atoms with Crippen LogP contribution in [0.5, 0.6) is 0 Å². The van der Waals surface area contributed by atoms with Crippen molar-refractivity contribution in [2.45, 2.75) is 33.0 Å². The van der Waals surface area contributed by atoms with Crippen LogP contribution in [0.4, 0.5) is 0 Å². The van der Waals surface area contributed by atoms with Crippen molar-refractivity contribution in [2.75, 3.05) is 0 Å². The summed E-state index contributed by atoms with van der Waals surface area (Å²) >= 11 is 0. The molecule has 1 aliphatic rings. The lowest BCUT2D eigenvalue weighted by Crippen LogP contribution is -2.32. The van der Waals surface area contributed by atoms with Gasteiger partial charge in [-0.15, -0.1) is 0 Å². The summed E-state index contributed by atoms with van der Waals surface area (Å²) in [5.41, 5.74) is 2.36. The molecule has 1 aliphatic heterocycles. The van der Waals surface area contributed by atoms with Crippen molar-refractivity contribution >= 4 is 12.6 Å². The molecule has 1 heterocycles. The van der Waals surface area contributed by atoms with Crippen LogP contribution in [0.1, 0.15) is 19.4 Å².